The van der Waals surface area contributed by atoms with E-state index in [9.17, 15) is 30.6 Å². The molecule has 228 valence electrons. The first-order valence-corrected chi connectivity index (χ1v) is 13.1. The molecule has 0 radical (unpaired) electrons. The Morgan fingerprint density at radius 1 is 0.780 bits per heavy atom. The molecule has 8 atom stereocenters. The fourth-order valence-corrected chi connectivity index (χ4v) is 5.35. The number of ether oxygens (including phenoxy) is 7. The van der Waals surface area contributed by atoms with Crippen LogP contribution in [-0.4, -0.2) is 110 Å². The molecule has 0 aliphatic carbocycles. The molecule has 2 aliphatic heterocycles. The third-order valence-electron chi connectivity index (χ3n) is 7.63. The second kappa shape index (κ2) is 13.3. The first kappa shape index (κ1) is 30.9. The number of hydrogen-bond donors (Lipinski definition) is 6. The van der Waals surface area contributed by atoms with Gasteiger partial charge < -0.3 is 63.8 Å². The van der Waals surface area contributed by atoms with Gasteiger partial charge in [0.25, 0.3) is 0 Å². The van der Waals surface area contributed by atoms with Crippen LogP contribution in [0.1, 0.15) is 17.2 Å². The highest BCUT2D eigenvalue weighted by Gasteiger charge is 2.45. The van der Waals surface area contributed by atoms with Crippen molar-refractivity contribution >= 4 is 0 Å². The number of phenolic OH excluding ortho intramolecular Hbond substituents is 1. The van der Waals surface area contributed by atoms with Gasteiger partial charge in [-0.3, -0.25) is 0 Å². The molecule has 13 heteroatoms. The maximum Gasteiger partial charge on any atom is 0.229 e. The SMILES string of the molecule is COc1cc(C[C@@H]2CO[C@@H](c3cc(OC)c(O[C@@H]4O[C@H](CO)[C@@H](O)[C@H](O)[C@H]4O)c(OC)c3)[C@@H]2CO)cc(OC)c1O. The smallest absolute Gasteiger partial charge is 0.229 e. The molecule has 0 unspecified atom stereocenters. The number of aliphatic hydroxyl groups is 5. The summed E-state index contributed by atoms with van der Waals surface area (Å²) in [7, 11) is 5.72. The van der Waals surface area contributed by atoms with Gasteiger partial charge >= 0.3 is 0 Å². The Balaban J connectivity index is 1.59. The average molecular weight is 583 g/mol. The second-order valence-corrected chi connectivity index (χ2v) is 9.98. The lowest BCUT2D eigenvalue weighted by Gasteiger charge is -2.39. The zero-order valence-electron chi connectivity index (χ0n) is 23.3. The molecule has 0 saturated carbocycles. The van der Waals surface area contributed by atoms with Crippen molar-refractivity contribution in [3.8, 4) is 34.5 Å². The van der Waals surface area contributed by atoms with Crippen molar-refractivity contribution < 1.29 is 63.8 Å². The number of rotatable bonds is 11. The average Bonchev–Trinajstić information content (AvgIpc) is 3.40. The molecule has 0 bridgehead atoms. The lowest BCUT2D eigenvalue weighted by Crippen LogP contribution is -2.60. The number of hydrogen-bond acceptors (Lipinski definition) is 13. The van der Waals surface area contributed by atoms with E-state index in [2.05, 4.69) is 0 Å². The third-order valence-corrected chi connectivity index (χ3v) is 7.63. The van der Waals surface area contributed by atoms with Gasteiger partial charge in [0, 0.05) is 12.5 Å². The Hall–Kier alpha value is -3.04. The van der Waals surface area contributed by atoms with Gasteiger partial charge in [-0.15, -0.1) is 0 Å². The van der Waals surface area contributed by atoms with E-state index in [0.717, 1.165) is 5.56 Å². The van der Waals surface area contributed by atoms with E-state index in [0.29, 0.717) is 18.6 Å². The van der Waals surface area contributed by atoms with Crippen LogP contribution in [0.3, 0.4) is 0 Å². The summed E-state index contributed by atoms with van der Waals surface area (Å²) in [5.74, 6) is 0.517. The quantitative estimate of drug-likeness (QED) is 0.210. The highest BCUT2D eigenvalue weighted by atomic mass is 16.7. The second-order valence-electron chi connectivity index (χ2n) is 9.98. The zero-order valence-corrected chi connectivity index (χ0v) is 23.3. The number of methoxy groups -OCH3 is 4. The Morgan fingerprint density at radius 3 is 1.88 bits per heavy atom. The topological polar surface area (TPSA) is 186 Å². The summed E-state index contributed by atoms with van der Waals surface area (Å²) in [5, 5.41) is 60.8. The van der Waals surface area contributed by atoms with Crippen LogP contribution in [0.5, 0.6) is 34.5 Å². The molecule has 41 heavy (non-hydrogen) atoms. The summed E-state index contributed by atoms with van der Waals surface area (Å²) in [6, 6.07) is 6.75. The fourth-order valence-electron chi connectivity index (χ4n) is 5.35. The van der Waals surface area contributed by atoms with Crippen LogP contribution < -0.4 is 23.7 Å². The Morgan fingerprint density at radius 2 is 1.37 bits per heavy atom. The van der Waals surface area contributed by atoms with Crippen molar-refractivity contribution in [3.05, 3.63) is 35.4 Å². The van der Waals surface area contributed by atoms with Gasteiger partial charge in [-0.2, -0.15) is 0 Å². The molecular formula is C28H38O13. The molecule has 2 heterocycles. The molecular weight excluding hydrogens is 544 g/mol. The summed E-state index contributed by atoms with van der Waals surface area (Å²) >= 11 is 0. The van der Waals surface area contributed by atoms with Crippen molar-refractivity contribution in [2.75, 3.05) is 48.3 Å². The van der Waals surface area contributed by atoms with E-state index in [4.69, 9.17) is 33.2 Å². The van der Waals surface area contributed by atoms with Crippen molar-refractivity contribution in [1.82, 2.24) is 0 Å². The molecule has 4 rings (SSSR count). The highest BCUT2D eigenvalue weighted by Crippen LogP contribution is 2.47. The highest BCUT2D eigenvalue weighted by molar-refractivity contribution is 5.55. The van der Waals surface area contributed by atoms with Crippen LogP contribution in [-0.2, 0) is 15.9 Å². The van der Waals surface area contributed by atoms with Crippen molar-refractivity contribution in [1.29, 1.82) is 0 Å². The normalized spacial score (nSPS) is 29.7. The maximum absolute atomic E-state index is 10.4. The van der Waals surface area contributed by atoms with E-state index < -0.39 is 43.4 Å². The summed E-state index contributed by atoms with van der Waals surface area (Å²) in [6.07, 6.45) is -7.40. The largest absolute Gasteiger partial charge is 0.502 e. The summed E-state index contributed by atoms with van der Waals surface area (Å²) in [4.78, 5) is 0. The fraction of sp³-hybridized carbons (Fsp3) is 0.571. The van der Waals surface area contributed by atoms with Crippen LogP contribution in [0.4, 0.5) is 0 Å². The van der Waals surface area contributed by atoms with E-state index in [1.807, 2.05) is 0 Å². The number of phenols is 1. The van der Waals surface area contributed by atoms with E-state index in [-0.39, 0.29) is 52.9 Å². The summed E-state index contributed by atoms with van der Waals surface area (Å²) < 4.78 is 39.1. The minimum absolute atomic E-state index is 0.0569. The summed E-state index contributed by atoms with van der Waals surface area (Å²) in [6.45, 7) is -0.435. The third kappa shape index (κ3) is 6.11. The van der Waals surface area contributed by atoms with Crippen LogP contribution in [0, 0.1) is 11.8 Å². The maximum atomic E-state index is 10.4. The molecule has 13 nitrogen and oxygen atoms in total. The van der Waals surface area contributed by atoms with Gasteiger partial charge in [-0.05, 0) is 47.7 Å². The first-order chi connectivity index (χ1) is 19.7. The van der Waals surface area contributed by atoms with Gasteiger partial charge in [-0.1, -0.05) is 0 Å². The van der Waals surface area contributed by atoms with Crippen LogP contribution in [0.25, 0.3) is 0 Å². The van der Waals surface area contributed by atoms with E-state index in [1.54, 1.807) is 24.3 Å². The molecule has 6 N–H and O–H groups in total. The predicted octanol–water partition coefficient (Wildman–Crippen LogP) is 0.144. The predicted molar refractivity (Wildman–Crippen MR) is 142 cm³/mol. The first-order valence-electron chi connectivity index (χ1n) is 13.1. The molecule has 2 aromatic carbocycles. The molecule has 0 aromatic heterocycles. The monoisotopic (exact) mass is 582 g/mol. The van der Waals surface area contributed by atoms with Gasteiger partial charge in [0.2, 0.25) is 17.8 Å². The lowest BCUT2D eigenvalue weighted by molar-refractivity contribution is -0.277. The van der Waals surface area contributed by atoms with Gasteiger partial charge in [0.1, 0.15) is 24.4 Å². The minimum atomic E-state index is -1.63. The van der Waals surface area contributed by atoms with Crippen molar-refractivity contribution in [3.63, 3.8) is 0 Å². The standard InChI is InChI=1S/C28H38O13/c1-35-17-6-13(7-18(36-2)22(17)31)5-15-12-39-26(16(15)10-29)14-8-19(37-3)27(20(9-14)38-4)41-28-25(34)24(33)23(32)21(11-30)40-28/h6-9,15-16,21,23-26,28-34H,5,10-12H2,1-4H3/t15-,16-,21-,23-,24+,25-,26+,28+/m1/s1. The molecule has 2 saturated heterocycles. The van der Waals surface area contributed by atoms with Crippen LogP contribution in [0.15, 0.2) is 24.3 Å². The molecule has 2 aliphatic rings. The zero-order chi connectivity index (χ0) is 29.8. The lowest BCUT2D eigenvalue weighted by atomic mass is 9.84. The van der Waals surface area contributed by atoms with Crippen LogP contribution >= 0.6 is 0 Å². The van der Waals surface area contributed by atoms with Crippen molar-refractivity contribution in [2.24, 2.45) is 11.8 Å². The number of aromatic hydroxyl groups is 1. The molecule has 0 amide bonds. The Kier molecular flexibility index (Phi) is 10.0. The minimum Gasteiger partial charge on any atom is -0.502 e. The van der Waals surface area contributed by atoms with Crippen molar-refractivity contribution in [2.45, 2.75) is 43.2 Å². The Labute approximate surface area is 237 Å². The van der Waals surface area contributed by atoms with Gasteiger partial charge in [0.15, 0.2) is 23.0 Å². The summed E-state index contributed by atoms with van der Waals surface area (Å²) in [5.41, 5.74) is 1.48. The molecule has 2 fully saturated rings. The van der Waals surface area contributed by atoms with Gasteiger partial charge in [0.05, 0.1) is 47.8 Å². The number of benzene rings is 2. The Bertz CT molecular complexity index is 1120. The molecule has 0 spiro atoms. The van der Waals surface area contributed by atoms with Crippen LogP contribution in [0.2, 0.25) is 0 Å². The molecule has 2 aromatic rings. The number of aliphatic hydroxyl groups excluding tert-OH is 5. The van der Waals surface area contributed by atoms with E-state index in [1.165, 1.54) is 28.4 Å². The van der Waals surface area contributed by atoms with E-state index >= 15 is 0 Å². The van der Waals surface area contributed by atoms with Gasteiger partial charge in [-0.25, -0.2) is 0 Å².